The summed E-state index contributed by atoms with van der Waals surface area (Å²) in [5.74, 6) is 2.00. The molecule has 0 spiro atoms. The maximum Gasteiger partial charge on any atom is 0.0620 e. The molecule has 10 heavy (non-hydrogen) atoms. The van der Waals surface area contributed by atoms with Crippen LogP contribution in [0.4, 0.5) is 0 Å². The summed E-state index contributed by atoms with van der Waals surface area (Å²) in [5.41, 5.74) is 0. The second-order valence-electron chi connectivity index (χ2n) is 3.62. The third-order valence-electron chi connectivity index (χ3n) is 2.90. The third kappa shape index (κ3) is 0.867. The fraction of sp³-hybridized carbons (Fsp3) is 1.00. The number of likely N-dealkylation sites (tertiary alicyclic amines) is 1. The van der Waals surface area contributed by atoms with Crippen LogP contribution in [0.2, 0.25) is 0 Å². The van der Waals surface area contributed by atoms with Gasteiger partial charge in [0.15, 0.2) is 0 Å². The molecule has 1 saturated heterocycles. The Kier molecular flexibility index (Phi) is 1.46. The molecule has 3 atom stereocenters. The van der Waals surface area contributed by atoms with Gasteiger partial charge in [0.1, 0.15) is 0 Å². The van der Waals surface area contributed by atoms with Crippen molar-refractivity contribution < 1.29 is 4.74 Å². The van der Waals surface area contributed by atoms with Crippen molar-refractivity contribution in [3.8, 4) is 0 Å². The van der Waals surface area contributed by atoms with E-state index in [0.717, 1.165) is 24.5 Å². The molecule has 1 saturated carbocycles. The van der Waals surface area contributed by atoms with E-state index < -0.39 is 0 Å². The minimum Gasteiger partial charge on any atom is -0.383 e. The predicted molar refractivity (Wildman–Crippen MR) is 39.9 cm³/mol. The number of nitrogens with zero attached hydrogens (tertiary/aromatic N) is 1. The molecular formula is C8H15NO. The van der Waals surface area contributed by atoms with Crippen molar-refractivity contribution in [1.29, 1.82) is 0 Å². The Morgan fingerprint density at radius 2 is 2.40 bits per heavy atom. The second kappa shape index (κ2) is 2.21. The molecule has 58 valence electrons. The van der Waals surface area contributed by atoms with E-state index in [1.165, 1.54) is 13.0 Å². The van der Waals surface area contributed by atoms with Crippen LogP contribution in [0, 0.1) is 11.8 Å². The van der Waals surface area contributed by atoms with Gasteiger partial charge >= 0.3 is 0 Å². The molecule has 0 aromatic carbocycles. The van der Waals surface area contributed by atoms with Crippen LogP contribution in [0.15, 0.2) is 0 Å². The van der Waals surface area contributed by atoms with Gasteiger partial charge in [0.2, 0.25) is 0 Å². The van der Waals surface area contributed by atoms with Crippen molar-refractivity contribution in [1.82, 2.24) is 4.90 Å². The Morgan fingerprint density at radius 3 is 2.90 bits per heavy atom. The molecule has 0 aromatic rings. The van der Waals surface area contributed by atoms with Gasteiger partial charge in [0.25, 0.3) is 0 Å². The number of hydrogen-bond acceptors (Lipinski definition) is 2. The highest BCUT2D eigenvalue weighted by molar-refractivity contribution is 5.02. The largest absolute Gasteiger partial charge is 0.383 e. The maximum atomic E-state index is 5.15. The molecule has 0 bridgehead atoms. The number of piperidine rings is 1. The summed E-state index contributed by atoms with van der Waals surface area (Å²) in [6.07, 6.45) is 1.46. The lowest BCUT2D eigenvalue weighted by Crippen LogP contribution is -2.32. The lowest BCUT2D eigenvalue weighted by Gasteiger charge is -2.21. The van der Waals surface area contributed by atoms with Gasteiger partial charge < -0.3 is 9.64 Å². The van der Waals surface area contributed by atoms with E-state index >= 15 is 0 Å². The van der Waals surface area contributed by atoms with Gasteiger partial charge in [-0.2, -0.15) is 0 Å². The van der Waals surface area contributed by atoms with Crippen molar-refractivity contribution in [2.75, 3.05) is 27.3 Å². The number of methoxy groups -OCH3 is 1. The first-order valence-corrected chi connectivity index (χ1v) is 4.02. The Hall–Kier alpha value is -0.0800. The van der Waals surface area contributed by atoms with Gasteiger partial charge in [-0.05, 0) is 25.3 Å². The highest BCUT2D eigenvalue weighted by Gasteiger charge is 2.50. The van der Waals surface area contributed by atoms with E-state index in [1.807, 2.05) is 0 Å². The summed E-state index contributed by atoms with van der Waals surface area (Å²) in [5, 5.41) is 0. The average Bonchev–Trinajstić information content (AvgIpc) is 2.57. The first-order chi connectivity index (χ1) is 4.83. The van der Waals surface area contributed by atoms with E-state index in [2.05, 4.69) is 11.9 Å². The molecule has 2 nitrogen and oxygen atoms in total. The van der Waals surface area contributed by atoms with E-state index in [4.69, 9.17) is 4.74 Å². The Balaban J connectivity index is 1.92. The van der Waals surface area contributed by atoms with Crippen LogP contribution in [0.3, 0.4) is 0 Å². The van der Waals surface area contributed by atoms with Crippen LogP contribution in [0.1, 0.15) is 6.42 Å². The predicted octanol–water partition coefficient (Wildman–Crippen LogP) is 0.583. The van der Waals surface area contributed by atoms with Crippen molar-refractivity contribution in [3.63, 3.8) is 0 Å². The third-order valence-corrected chi connectivity index (χ3v) is 2.90. The van der Waals surface area contributed by atoms with Crippen molar-refractivity contribution in [3.05, 3.63) is 0 Å². The minimum atomic E-state index is 0.731. The molecule has 0 radical (unpaired) electrons. The topological polar surface area (TPSA) is 12.5 Å². The smallest absolute Gasteiger partial charge is 0.0620 e. The maximum absolute atomic E-state index is 5.15. The monoisotopic (exact) mass is 141 g/mol. The summed E-state index contributed by atoms with van der Waals surface area (Å²) in [4.78, 5) is 2.43. The molecule has 2 fully saturated rings. The zero-order chi connectivity index (χ0) is 7.14. The molecule has 2 rings (SSSR count). The first kappa shape index (κ1) is 6.62. The molecule has 2 heteroatoms. The summed E-state index contributed by atoms with van der Waals surface area (Å²) in [7, 11) is 4.00. The normalized spacial score (nSPS) is 45.6. The highest BCUT2D eigenvalue weighted by atomic mass is 16.5. The summed E-state index contributed by atoms with van der Waals surface area (Å²) in [6.45, 7) is 2.23. The fourth-order valence-electron chi connectivity index (χ4n) is 2.21. The molecular weight excluding hydrogens is 126 g/mol. The lowest BCUT2D eigenvalue weighted by molar-refractivity contribution is 0.115. The van der Waals surface area contributed by atoms with Crippen molar-refractivity contribution >= 4 is 0 Å². The average molecular weight is 141 g/mol. The number of ether oxygens (including phenoxy) is 1. The first-order valence-electron chi connectivity index (χ1n) is 4.02. The summed E-state index contributed by atoms with van der Waals surface area (Å²) >= 11 is 0. The Bertz CT molecular complexity index is 135. The number of rotatable bonds is 2. The molecule has 0 N–H and O–H groups in total. The van der Waals surface area contributed by atoms with Gasteiger partial charge in [-0.1, -0.05) is 0 Å². The van der Waals surface area contributed by atoms with Gasteiger partial charge in [-0.3, -0.25) is 0 Å². The van der Waals surface area contributed by atoms with Gasteiger partial charge in [0, 0.05) is 19.7 Å². The quantitative estimate of drug-likeness (QED) is 0.558. The van der Waals surface area contributed by atoms with E-state index in [0.29, 0.717) is 0 Å². The van der Waals surface area contributed by atoms with Gasteiger partial charge in [-0.25, -0.2) is 0 Å². The number of fused-ring (bicyclic) bond motifs is 1. The molecule has 0 aromatic heterocycles. The van der Waals surface area contributed by atoms with Gasteiger partial charge in [-0.15, -0.1) is 0 Å². The molecule has 3 unspecified atom stereocenters. The van der Waals surface area contributed by atoms with Crippen LogP contribution in [-0.4, -0.2) is 38.3 Å². The molecule has 1 heterocycles. The molecule has 0 amide bonds. The van der Waals surface area contributed by atoms with E-state index in [-0.39, 0.29) is 0 Å². The van der Waals surface area contributed by atoms with Gasteiger partial charge in [0.05, 0.1) is 6.61 Å². The highest BCUT2D eigenvalue weighted by Crippen LogP contribution is 2.48. The Labute approximate surface area is 62.2 Å². The standard InChI is InChI=1S/C8H15NO/c1-9-4-6-3-7(6)8(9)5-10-2/h6-8H,3-5H2,1-2H3. The molecule has 1 aliphatic heterocycles. The molecule has 2 aliphatic rings. The number of likely N-dealkylation sites (N-methyl/N-ethyl adjacent to an activating group) is 1. The zero-order valence-corrected chi connectivity index (χ0v) is 6.71. The lowest BCUT2D eigenvalue weighted by atomic mass is 10.2. The van der Waals surface area contributed by atoms with Crippen LogP contribution < -0.4 is 0 Å². The SMILES string of the molecule is COCC1C2CC2CN1C. The zero-order valence-electron chi connectivity index (χ0n) is 6.71. The molecule has 1 aliphatic carbocycles. The van der Waals surface area contributed by atoms with E-state index in [9.17, 15) is 0 Å². The fourth-order valence-corrected chi connectivity index (χ4v) is 2.21. The van der Waals surface area contributed by atoms with Crippen LogP contribution in [0.5, 0.6) is 0 Å². The van der Waals surface area contributed by atoms with Crippen LogP contribution in [0.25, 0.3) is 0 Å². The summed E-state index contributed by atoms with van der Waals surface area (Å²) < 4.78 is 5.15. The minimum absolute atomic E-state index is 0.731. The second-order valence-corrected chi connectivity index (χ2v) is 3.62. The Morgan fingerprint density at radius 1 is 1.60 bits per heavy atom. The van der Waals surface area contributed by atoms with E-state index in [1.54, 1.807) is 7.11 Å². The van der Waals surface area contributed by atoms with Crippen LogP contribution >= 0.6 is 0 Å². The summed E-state index contributed by atoms with van der Waals surface area (Å²) in [6, 6.07) is 0.731. The van der Waals surface area contributed by atoms with Crippen molar-refractivity contribution in [2.45, 2.75) is 12.5 Å². The van der Waals surface area contributed by atoms with Crippen molar-refractivity contribution in [2.24, 2.45) is 11.8 Å². The number of hydrogen-bond donors (Lipinski definition) is 0. The van der Waals surface area contributed by atoms with Crippen LogP contribution in [-0.2, 0) is 4.74 Å².